The Morgan fingerprint density at radius 1 is 1.43 bits per heavy atom. The molecule has 0 heterocycles. The fourth-order valence-corrected chi connectivity index (χ4v) is 0.316. The monoisotopic (exact) mass is 188 g/mol. The summed E-state index contributed by atoms with van der Waals surface area (Å²) >= 11 is 0. The van der Waals surface area contributed by atoms with E-state index in [1.54, 1.807) is 0 Å². The molecule has 1 radical (unpaired) electrons. The molecule has 0 amide bonds. The van der Waals surface area contributed by atoms with E-state index < -0.39 is 0 Å². The van der Waals surface area contributed by atoms with Gasteiger partial charge in [0.15, 0.2) is 0 Å². The largest absolute Gasteiger partial charge is 1.00 e. The molecule has 0 aliphatic heterocycles. The zero-order valence-corrected chi connectivity index (χ0v) is 6.66. The average Bonchev–Trinajstić information content (AvgIpc) is 1.35. The minimum Gasteiger partial charge on any atom is -0.342 e. The van der Waals surface area contributed by atoms with E-state index in [9.17, 15) is 0 Å². The molecular weight excluding hydrogens is 175 g/mol. The number of rotatable bonds is 2. The molecule has 2 heteroatoms. The van der Waals surface area contributed by atoms with Crippen LogP contribution in [-0.2, 0) is 19.5 Å². The second-order valence-electron chi connectivity index (χ2n) is 1.66. The van der Waals surface area contributed by atoms with E-state index in [1.165, 1.54) is 0 Å². The van der Waals surface area contributed by atoms with Gasteiger partial charge in [-0.3, -0.25) is 0 Å². The van der Waals surface area contributed by atoms with Crippen molar-refractivity contribution >= 4 is 0 Å². The maximum absolute atomic E-state index is 3.68. The summed E-state index contributed by atoms with van der Waals surface area (Å²) in [6.07, 6.45) is 1.01. The molecule has 0 fully saturated rings. The van der Waals surface area contributed by atoms with Crippen molar-refractivity contribution < 1.29 is 19.5 Å². The van der Waals surface area contributed by atoms with Crippen LogP contribution in [0.4, 0.5) is 0 Å². The van der Waals surface area contributed by atoms with Crippen LogP contribution in [0.15, 0.2) is 0 Å². The van der Waals surface area contributed by atoms with Crippen LogP contribution >= 0.6 is 0 Å². The van der Waals surface area contributed by atoms with Crippen LogP contribution in [0.1, 0.15) is 6.42 Å². The van der Waals surface area contributed by atoms with Crippen molar-refractivity contribution in [2.45, 2.75) is 6.42 Å². The second kappa shape index (κ2) is 6.58. The van der Waals surface area contributed by atoms with Gasteiger partial charge in [0.1, 0.15) is 0 Å². The number of hydrogen-bond acceptors (Lipinski definition) is 1. The van der Waals surface area contributed by atoms with E-state index in [-0.39, 0.29) is 19.5 Å². The first-order chi connectivity index (χ1) is 2.77. The summed E-state index contributed by atoms with van der Waals surface area (Å²) in [4.78, 5) is 2.12. The standard InChI is InChI=1S/C5H12N.Ru/c1-4-5-6(2)3;/h1,4-5H2,2-3H3;/q-1;+1. The Morgan fingerprint density at radius 2 is 1.86 bits per heavy atom. The van der Waals surface area contributed by atoms with Crippen molar-refractivity contribution in [3.8, 4) is 0 Å². The van der Waals surface area contributed by atoms with Crippen LogP contribution in [0, 0.1) is 6.92 Å². The average molecular weight is 187 g/mol. The van der Waals surface area contributed by atoms with Gasteiger partial charge < -0.3 is 11.8 Å². The molecule has 0 N–H and O–H groups in total. The van der Waals surface area contributed by atoms with E-state index >= 15 is 0 Å². The fourth-order valence-electron chi connectivity index (χ4n) is 0.316. The molecule has 0 rings (SSSR count). The second-order valence-corrected chi connectivity index (χ2v) is 1.66. The van der Waals surface area contributed by atoms with Crippen molar-refractivity contribution in [2.75, 3.05) is 20.6 Å². The van der Waals surface area contributed by atoms with Crippen LogP contribution in [0.5, 0.6) is 0 Å². The SMILES string of the molecule is [CH2-]CCN(C)C.[Ru+]. The van der Waals surface area contributed by atoms with Gasteiger partial charge in [0.25, 0.3) is 0 Å². The molecule has 0 aromatic rings. The van der Waals surface area contributed by atoms with Crippen molar-refractivity contribution in [1.82, 2.24) is 4.90 Å². The summed E-state index contributed by atoms with van der Waals surface area (Å²) in [6, 6.07) is 0. The Balaban J connectivity index is 0. The molecule has 0 saturated carbocycles. The topological polar surface area (TPSA) is 3.24 Å². The zero-order chi connectivity index (χ0) is 4.99. The maximum atomic E-state index is 3.68. The summed E-state index contributed by atoms with van der Waals surface area (Å²) in [6.45, 7) is 4.78. The Hall–Kier alpha value is 0.583. The summed E-state index contributed by atoms with van der Waals surface area (Å²) in [7, 11) is 4.09. The molecule has 0 aliphatic rings. The third-order valence-corrected chi connectivity index (χ3v) is 0.605. The van der Waals surface area contributed by atoms with Gasteiger partial charge in [0.2, 0.25) is 0 Å². The molecule has 0 atom stereocenters. The minimum atomic E-state index is 0. The van der Waals surface area contributed by atoms with E-state index in [0.717, 1.165) is 13.0 Å². The van der Waals surface area contributed by atoms with Gasteiger partial charge in [-0.15, -0.1) is 0 Å². The first kappa shape index (κ1) is 10.5. The summed E-state index contributed by atoms with van der Waals surface area (Å²) in [5.74, 6) is 0. The molecule has 0 aliphatic carbocycles. The minimum absolute atomic E-state index is 0. The first-order valence-corrected chi connectivity index (χ1v) is 2.21. The van der Waals surface area contributed by atoms with Crippen molar-refractivity contribution in [1.29, 1.82) is 0 Å². The third kappa shape index (κ3) is 10.8. The molecule has 45 valence electrons. The third-order valence-electron chi connectivity index (χ3n) is 0.605. The van der Waals surface area contributed by atoms with Gasteiger partial charge in [-0.2, -0.15) is 6.42 Å². The van der Waals surface area contributed by atoms with Crippen LogP contribution in [0.25, 0.3) is 0 Å². The molecule has 1 nitrogen and oxygen atoms in total. The molecule has 0 bridgehead atoms. The molecular formula is C5H12NRu. The van der Waals surface area contributed by atoms with E-state index in [4.69, 9.17) is 0 Å². The molecule has 7 heavy (non-hydrogen) atoms. The molecule has 0 aromatic heterocycles. The van der Waals surface area contributed by atoms with Crippen molar-refractivity contribution in [3.63, 3.8) is 0 Å². The summed E-state index contributed by atoms with van der Waals surface area (Å²) in [5, 5.41) is 0. The molecule has 0 unspecified atom stereocenters. The van der Waals surface area contributed by atoms with E-state index in [2.05, 4.69) is 11.8 Å². The Morgan fingerprint density at radius 3 is 1.86 bits per heavy atom. The fraction of sp³-hybridized carbons (Fsp3) is 0.800. The van der Waals surface area contributed by atoms with Gasteiger partial charge in [-0.1, -0.05) is 0 Å². The Kier molecular flexibility index (Phi) is 9.92. The van der Waals surface area contributed by atoms with E-state index in [0.29, 0.717) is 0 Å². The smallest absolute Gasteiger partial charge is 0.342 e. The predicted molar refractivity (Wildman–Crippen MR) is 28.5 cm³/mol. The first-order valence-electron chi connectivity index (χ1n) is 2.21. The van der Waals surface area contributed by atoms with Gasteiger partial charge >= 0.3 is 19.5 Å². The van der Waals surface area contributed by atoms with Gasteiger partial charge in [0, 0.05) is 0 Å². The van der Waals surface area contributed by atoms with Crippen LogP contribution in [0.3, 0.4) is 0 Å². The Labute approximate surface area is 58.8 Å². The predicted octanol–water partition coefficient (Wildman–Crippen LogP) is 0.770. The van der Waals surface area contributed by atoms with Gasteiger partial charge in [0.05, 0.1) is 0 Å². The van der Waals surface area contributed by atoms with Gasteiger partial charge in [-0.25, -0.2) is 0 Å². The van der Waals surface area contributed by atoms with E-state index in [1.807, 2.05) is 14.1 Å². The molecule has 0 spiro atoms. The van der Waals surface area contributed by atoms with Crippen LogP contribution < -0.4 is 0 Å². The summed E-state index contributed by atoms with van der Waals surface area (Å²) in [5.41, 5.74) is 0. The quantitative estimate of drug-likeness (QED) is 0.456. The number of nitrogens with zero attached hydrogens (tertiary/aromatic N) is 1. The van der Waals surface area contributed by atoms with Crippen LogP contribution in [-0.4, -0.2) is 25.5 Å². The maximum Gasteiger partial charge on any atom is 1.00 e. The zero-order valence-electron chi connectivity index (χ0n) is 4.92. The van der Waals surface area contributed by atoms with Crippen molar-refractivity contribution in [2.24, 2.45) is 0 Å². The number of hydrogen-bond donors (Lipinski definition) is 0. The Bertz CT molecular complexity index is 29.3. The van der Waals surface area contributed by atoms with Crippen molar-refractivity contribution in [3.05, 3.63) is 6.92 Å². The molecule has 0 aromatic carbocycles. The molecule has 0 saturated heterocycles. The van der Waals surface area contributed by atoms with Gasteiger partial charge in [-0.05, 0) is 20.6 Å². The van der Waals surface area contributed by atoms with Crippen LogP contribution in [0.2, 0.25) is 0 Å². The summed E-state index contributed by atoms with van der Waals surface area (Å²) < 4.78 is 0. The normalized spacial score (nSPS) is 8.57.